The number of hydrogen-bond acceptors (Lipinski definition) is 5. The molecule has 0 radical (unpaired) electrons. The van der Waals surface area contributed by atoms with E-state index in [1.165, 1.54) is 16.7 Å². The Kier molecular flexibility index (Phi) is 6.11. The van der Waals surface area contributed by atoms with Gasteiger partial charge in [0.1, 0.15) is 12.4 Å². The van der Waals surface area contributed by atoms with Gasteiger partial charge in [-0.25, -0.2) is 0 Å². The van der Waals surface area contributed by atoms with Crippen molar-refractivity contribution in [3.05, 3.63) is 64.7 Å². The topological polar surface area (TPSA) is 88.1 Å². The normalized spacial score (nSPS) is 26.4. The SMILES string of the molecule is C/C(=N\OCc1cccc(O)c1)[C@@H]1CCc2cc([C@H]3CC[C@](N)(CO)C3)ccc2C1. The van der Waals surface area contributed by atoms with Gasteiger partial charge in [0.15, 0.2) is 0 Å². The summed E-state index contributed by atoms with van der Waals surface area (Å²) in [6, 6.07) is 13.9. The lowest BCUT2D eigenvalue weighted by molar-refractivity contribution is 0.128. The lowest BCUT2D eigenvalue weighted by Gasteiger charge is -2.26. The van der Waals surface area contributed by atoms with Gasteiger partial charge in [-0.05, 0) is 85.8 Å². The van der Waals surface area contributed by atoms with Gasteiger partial charge in [-0.1, -0.05) is 35.5 Å². The molecule has 30 heavy (non-hydrogen) atoms. The van der Waals surface area contributed by atoms with Gasteiger partial charge in [-0.2, -0.15) is 0 Å². The van der Waals surface area contributed by atoms with E-state index in [-0.39, 0.29) is 12.4 Å². The fourth-order valence-corrected chi connectivity index (χ4v) is 4.90. The smallest absolute Gasteiger partial charge is 0.142 e. The standard InChI is InChI=1S/C25H32N2O3/c1-17(27-30-15-18-3-2-4-24(29)11-18)19-5-6-21-13-22(8-7-20(21)12-19)23-9-10-25(26,14-23)16-28/h2-4,7-8,11,13,19,23,28-29H,5-6,9-10,12,14-16,26H2,1H3/b27-17+/t19-,23+,25-/m1/s1. The summed E-state index contributed by atoms with van der Waals surface area (Å²) in [5.41, 5.74) is 12.0. The van der Waals surface area contributed by atoms with Gasteiger partial charge in [0, 0.05) is 11.5 Å². The maximum absolute atomic E-state index is 9.54. The van der Waals surface area contributed by atoms with Crippen LogP contribution in [0.1, 0.15) is 60.8 Å². The molecule has 0 amide bonds. The van der Waals surface area contributed by atoms with Crippen LogP contribution in [-0.2, 0) is 24.3 Å². The number of benzene rings is 2. The number of aliphatic hydroxyl groups excluding tert-OH is 1. The van der Waals surface area contributed by atoms with Gasteiger partial charge in [-0.3, -0.25) is 0 Å². The van der Waals surface area contributed by atoms with Crippen LogP contribution in [0.25, 0.3) is 0 Å². The van der Waals surface area contributed by atoms with Crippen LogP contribution < -0.4 is 5.73 Å². The molecule has 1 saturated carbocycles. The molecule has 5 nitrogen and oxygen atoms in total. The summed E-state index contributed by atoms with van der Waals surface area (Å²) >= 11 is 0. The summed E-state index contributed by atoms with van der Waals surface area (Å²) in [6.07, 6.45) is 5.93. The largest absolute Gasteiger partial charge is 0.508 e. The van der Waals surface area contributed by atoms with E-state index in [1.807, 2.05) is 13.0 Å². The fourth-order valence-electron chi connectivity index (χ4n) is 4.90. The second-order valence-corrected chi connectivity index (χ2v) is 9.10. The Labute approximate surface area is 178 Å². The van der Waals surface area contributed by atoms with Crippen LogP contribution in [0, 0.1) is 5.92 Å². The Bertz CT molecular complexity index is 926. The molecule has 0 aliphatic heterocycles. The first-order valence-electron chi connectivity index (χ1n) is 10.9. The van der Waals surface area contributed by atoms with Crippen LogP contribution in [0.15, 0.2) is 47.6 Å². The Morgan fingerprint density at radius 1 is 1.20 bits per heavy atom. The second-order valence-electron chi connectivity index (χ2n) is 9.10. The highest BCUT2D eigenvalue weighted by Gasteiger charge is 2.36. The number of hydrogen-bond donors (Lipinski definition) is 3. The van der Waals surface area contributed by atoms with Gasteiger partial charge in [-0.15, -0.1) is 0 Å². The average Bonchev–Trinajstić information content (AvgIpc) is 3.16. The van der Waals surface area contributed by atoms with Crippen LogP contribution in [0.2, 0.25) is 0 Å². The molecule has 0 saturated heterocycles. The predicted octanol–water partition coefficient (Wildman–Crippen LogP) is 4.05. The molecule has 1 fully saturated rings. The number of nitrogens with two attached hydrogens (primary N) is 1. The third kappa shape index (κ3) is 4.68. The number of aliphatic hydroxyl groups is 1. The minimum Gasteiger partial charge on any atom is -0.508 e. The maximum atomic E-state index is 9.54. The Morgan fingerprint density at radius 2 is 2.07 bits per heavy atom. The van der Waals surface area contributed by atoms with Crippen molar-refractivity contribution in [1.82, 2.24) is 0 Å². The zero-order chi connectivity index (χ0) is 21.1. The van der Waals surface area contributed by atoms with Crippen LogP contribution in [0.4, 0.5) is 0 Å². The average molecular weight is 409 g/mol. The quantitative estimate of drug-likeness (QED) is 0.497. The summed E-state index contributed by atoms with van der Waals surface area (Å²) < 4.78 is 0. The van der Waals surface area contributed by atoms with Crippen LogP contribution >= 0.6 is 0 Å². The number of aromatic hydroxyl groups is 1. The summed E-state index contributed by atoms with van der Waals surface area (Å²) in [6.45, 7) is 2.47. The molecule has 2 aliphatic carbocycles. The second kappa shape index (κ2) is 8.78. The molecule has 0 spiro atoms. The monoisotopic (exact) mass is 408 g/mol. The van der Waals surface area contributed by atoms with Crippen molar-refractivity contribution in [3.63, 3.8) is 0 Å². The van der Waals surface area contributed by atoms with E-state index in [0.717, 1.165) is 49.8 Å². The van der Waals surface area contributed by atoms with Crippen LogP contribution in [-0.4, -0.2) is 28.1 Å². The number of aryl methyl sites for hydroxylation is 1. The van der Waals surface area contributed by atoms with Gasteiger partial charge in [0.2, 0.25) is 0 Å². The molecule has 160 valence electrons. The number of phenols is 1. The summed E-state index contributed by atoms with van der Waals surface area (Å²) in [5, 5.41) is 23.4. The fraction of sp³-hybridized carbons (Fsp3) is 0.480. The van der Waals surface area contributed by atoms with Crippen LogP contribution in [0.3, 0.4) is 0 Å². The summed E-state index contributed by atoms with van der Waals surface area (Å²) in [5.74, 6) is 1.09. The zero-order valence-corrected chi connectivity index (χ0v) is 17.7. The van der Waals surface area contributed by atoms with Crippen molar-refractivity contribution in [1.29, 1.82) is 0 Å². The van der Waals surface area contributed by atoms with Crippen molar-refractivity contribution < 1.29 is 15.1 Å². The third-order valence-electron chi connectivity index (χ3n) is 6.83. The first kappa shape index (κ1) is 20.9. The number of oxime groups is 1. The van der Waals surface area contributed by atoms with Crippen molar-refractivity contribution in [2.75, 3.05) is 6.61 Å². The first-order valence-corrected chi connectivity index (χ1v) is 10.9. The zero-order valence-electron chi connectivity index (χ0n) is 17.7. The molecule has 0 heterocycles. The molecule has 0 unspecified atom stereocenters. The highest BCUT2D eigenvalue weighted by atomic mass is 16.6. The summed E-state index contributed by atoms with van der Waals surface area (Å²) in [7, 11) is 0. The van der Waals surface area contributed by atoms with E-state index >= 15 is 0 Å². The van der Waals surface area contributed by atoms with E-state index in [4.69, 9.17) is 10.6 Å². The molecular weight excluding hydrogens is 376 g/mol. The van der Waals surface area contributed by atoms with Crippen LogP contribution in [0.5, 0.6) is 5.75 Å². The van der Waals surface area contributed by atoms with Crippen molar-refractivity contribution in [2.24, 2.45) is 16.8 Å². The number of rotatable bonds is 6. The third-order valence-corrected chi connectivity index (χ3v) is 6.83. The molecule has 2 aromatic carbocycles. The van der Waals surface area contributed by atoms with E-state index in [2.05, 4.69) is 23.4 Å². The lowest BCUT2D eigenvalue weighted by atomic mass is 9.80. The van der Waals surface area contributed by atoms with Gasteiger partial charge >= 0.3 is 0 Å². The van der Waals surface area contributed by atoms with Crippen molar-refractivity contribution in [2.45, 2.75) is 63.5 Å². The van der Waals surface area contributed by atoms with E-state index in [9.17, 15) is 10.2 Å². The minimum absolute atomic E-state index is 0.0717. The van der Waals surface area contributed by atoms with Crippen molar-refractivity contribution in [3.8, 4) is 5.75 Å². The lowest BCUT2D eigenvalue weighted by Crippen LogP contribution is -2.40. The number of phenolic OH excluding ortho intramolecular Hbond substituents is 1. The highest BCUT2D eigenvalue weighted by Crippen LogP contribution is 2.40. The molecule has 2 aromatic rings. The first-order chi connectivity index (χ1) is 14.5. The maximum Gasteiger partial charge on any atom is 0.142 e. The van der Waals surface area contributed by atoms with Crippen molar-refractivity contribution >= 4 is 5.71 Å². The van der Waals surface area contributed by atoms with Gasteiger partial charge in [0.05, 0.1) is 12.3 Å². The molecule has 2 aliphatic rings. The molecule has 0 bridgehead atoms. The minimum atomic E-state index is -0.405. The van der Waals surface area contributed by atoms with Gasteiger partial charge in [0.25, 0.3) is 0 Å². The highest BCUT2D eigenvalue weighted by molar-refractivity contribution is 5.84. The molecule has 4 N–H and O–H groups in total. The Morgan fingerprint density at radius 3 is 2.83 bits per heavy atom. The Balaban J connectivity index is 1.36. The molecule has 3 atom stereocenters. The molecular formula is C25H32N2O3. The van der Waals surface area contributed by atoms with E-state index in [1.54, 1.807) is 18.2 Å². The Hall–Kier alpha value is -2.37. The number of nitrogens with zero attached hydrogens (tertiary/aromatic N) is 1. The predicted molar refractivity (Wildman–Crippen MR) is 119 cm³/mol. The molecule has 0 aromatic heterocycles. The van der Waals surface area contributed by atoms with E-state index < -0.39 is 5.54 Å². The van der Waals surface area contributed by atoms with Gasteiger partial charge < -0.3 is 20.8 Å². The number of fused-ring (bicyclic) bond motifs is 1. The summed E-state index contributed by atoms with van der Waals surface area (Å²) in [4.78, 5) is 5.54. The van der Waals surface area contributed by atoms with E-state index in [0.29, 0.717) is 18.4 Å². The molecule has 5 heteroatoms. The molecule has 4 rings (SSSR count).